The van der Waals surface area contributed by atoms with Crippen LogP contribution < -0.4 is 0 Å². The molecule has 1 nitrogen and oxygen atoms in total. The first-order chi connectivity index (χ1) is 14.7. The van der Waals surface area contributed by atoms with Gasteiger partial charge >= 0.3 is 0 Å². The van der Waals surface area contributed by atoms with E-state index in [0.29, 0.717) is 0 Å². The van der Waals surface area contributed by atoms with Crippen LogP contribution in [0.25, 0.3) is 0 Å². The Morgan fingerprint density at radius 1 is 0.733 bits per heavy atom. The standard InChI is InChI=1S/C29H49N/c1-3-5-7-8-18-29(21-30)19-17-25-23(20-29)13-14-28-26-12-9-11-22(10-6-4-2)24(26)15-16-27(25)28/h22-28H,3-20H2,1-2H3/t22-,23?,24?,25?,26?,27?,28?,29-/m1/s1. The molecule has 30 heavy (non-hydrogen) atoms. The van der Waals surface area contributed by atoms with Crippen molar-refractivity contribution in [3.63, 3.8) is 0 Å². The zero-order valence-corrected chi connectivity index (χ0v) is 20.2. The Kier molecular flexibility index (Phi) is 7.86. The van der Waals surface area contributed by atoms with Crippen LogP contribution in [-0.4, -0.2) is 0 Å². The van der Waals surface area contributed by atoms with E-state index in [9.17, 15) is 5.26 Å². The summed E-state index contributed by atoms with van der Waals surface area (Å²) in [6.45, 7) is 4.66. The van der Waals surface area contributed by atoms with Crippen molar-refractivity contribution in [1.29, 1.82) is 5.26 Å². The third-order valence-electron chi connectivity index (χ3n) is 10.5. The van der Waals surface area contributed by atoms with Gasteiger partial charge in [-0.25, -0.2) is 0 Å². The van der Waals surface area contributed by atoms with Crippen LogP contribution in [0, 0.1) is 58.2 Å². The Balaban J connectivity index is 1.38. The van der Waals surface area contributed by atoms with Crippen LogP contribution in [0.5, 0.6) is 0 Å². The molecule has 4 aliphatic rings. The molecule has 0 spiro atoms. The maximum absolute atomic E-state index is 10.1. The highest BCUT2D eigenvalue weighted by molar-refractivity contribution is 5.07. The minimum Gasteiger partial charge on any atom is -0.198 e. The Hall–Kier alpha value is -0.510. The molecule has 0 saturated heterocycles. The largest absolute Gasteiger partial charge is 0.198 e. The molecular formula is C29H49N. The van der Waals surface area contributed by atoms with Crippen LogP contribution in [0.4, 0.5) is 0 Å². The van der Waals surface area contributed by atoms with E-state index in [0.717, 1.165) is 41.4 Å². The van der Waals surface area contributed by atoms with Crippen molar-refractivity contribution < 1.29 is 0 Å². The zero-order chi connectivity index (χ0) is 21.0. The van der Waals surface area contributed by atoms with E-state index in [2.05, 4.69) is 19.9 Å². The summed E-state index contributed by atoms with van der Waals surface area (Å²) < 4.78 is 0. The van der Waals surface area contributed by atoms with Crippen molar-refractivity contribution in [1.82, 2.24) is 0 Å². The minimum absolute atomic E-state index is 0.0367. The van der Waals surface area contributed by atoms with Crippen molar-refractivity contribution in [3.05, 3.63) is 0 Å². The summed E-state index contributed by atoms with van der Waals surface area (Å²) >= 11 is 0. The summed E-state index contributed by atoms with van der Waals surface area (Å²) in [6, 6.07) is 2.87. The lowest BCUT2D eigenvalue weighted by Crippen LogP contribution is -2.49. The molecule has 4 aliphatic carbocycles. The van der Waals surface area contributed by atoms with Gasteiger partial charge in [0.2, 0.25) is 0 Å². The average Bonchev–Trinajstić information content (AvgIpc) is 2.79. The van der Waals surface area contributed by atoms with Crippen LogP contribution in [0.15, 0.2) is 0 Å². The quantitative estimate of drug-likeness (QED) is 0.366. The molecule has 4 saturated carbocycles. The molecular weight excluding hydrogens is 362 g/mol. The maximum Gasteiger partial charge on any atom is 0.0689 e. The van der Waals surface area contributed by atoms with Gasteiger partial charge in [0.25, 0.3) is 0 Å². The number of unbranched alkanes of at least 4 members (excludes halogenated alkanes) is 4. The Morgan fingerprint density at radius 3 is 2.27 bits per heavy atom. The topological polar surface area (TPSA) is 23.8 Å². The molecule has 0 N–H and O–H groups in total. The minimum atomic E-state index is 0.0367. The highest BCUT2D eigenvalue weighted by Gasteiger charge is 2.52. The van der Waals surface area contributed by atoms with E-state index in [1.165, 1.54) is 103 Å². The second kappa shape index (κ2) is 10.4. The van der Waals surface area contributed by atoms with E-state index in [-0.39, 0.29) is 5.41 Å². The summed E-state index contributed by atoms with van der Waals surface area (Å²) in [5, 5.41) is 10.1. The van der Waals surface area contributed by atoms with Gasteiger partial charge in [0.05, 0.1) is 11.5 Å². The lowest BCUT2D eigenvalue weighted by atomic mass is 9.48. The predicted molar refractivity (Wildman–Crippen MR) is 127 cm³/mol. The third kappa shape index (κ3) is 4.64. The lowest BCUT2D eigenvalue weighted by Gasteiger charge is -2.57. The second-order valence-corrected chi connectivity index (χ2v) is 12.0. The number of fused-ring (bicyclic) bond motifs is 5. The third-order valence-corrected chi connectivity index (χ3v) is 10.5. The first-order valence-electron chi connectivity index (χ1n) is 14.1. The smallest absolute Gasteiger partial charge is 0.0689 e. The molecule has 4 fully saturated rings. The lowest BCUT2D eigenvalue weighted by molar-refractivity contribution is -0.0718. The molecule has 170 valence electrons. The number of hydrogen-bond acceptors (Lipinski definition) is 1. The Morgan fingerprint density at radius 2 is 1.47 bits per heavy atom. The summed E-state index contributed by atoms with van der Waals surface area (Å²) in [5.74, 6) is 7.11. The molecule has 0 aromatic rings. The zero-order valence-electron chi connectivity index (χ0n) is 20.2. The van der Waals surface area contributed by atoms with Gasteiger partial charge in [0.15, 0.2) is 0 Å². The predicted octanol–water partition coefficient (Wildman–Crippen LogP) is 8.93. The molecule has 0 heterocycles. The van der Waals surface area contributed by atoms with Crippen LogP contribution in [0.3, 0.4) is 0 Å². The summed E-state index contributed by atoms with van der Waals surface area (Å²) in [4.78, 5) is 0. The molecule has 8 atom stereocenters. The maximum atomic E-state index is 10.1. The fourth-order valence-electron chi connectivity index (χ4n) is 9.07. The van der Waals surface area contributed by atoms with Crippen LogP contribution in [0.2, 0.25) is 0 Å². The van der Waals surface area contributed by atoms with Gasteiger partial charge in [-0.05, 0) is 99.2 Å². The average molecular weight is 412 g/mol. The highest BCUT2D eigenvalue weighted by atomic mass is 14.6. The van der Waals surface area contributed by atoms with Gasteiger partial charge in [-0.15, -0.1) is 0 Å². The van der Waals surface area contributed by atoms with E-state index in [4.69, 9.17) is 0 Å². The summed E-state index contributed by atoms with van der Waals surface area (Å²) in [6.07, 6.45) is 25.3. The van der Waals surface area contributed by atoms with Crippen molar-refractivity contribution in [2.45, 2.75) is 129 Å². The number of nitrogens with zero attached hydrogens (tertiary/aromatic N) is 1. The van der Waals surface area contributed by atoms with Crippen LogP contribution in [0.1, 0.15) is 129 Å². The van der Waals surface area contributed by atoms with E-state index >= 15 is 0 Å². The van der Waals surface area contributed by atoms with Crippen molar-refractivity contribution in [2.75, 3.05) is 0 Å². The van der Waals surface area contributed by atoms with Crippen molar-refractivity contribution >= 4 is 0 Å². The number of rotatable bonds is 8. The molecule has 4 rings (SSSR count). The molecule has 1 heteroatoms. The van der Waals surface area contributed by atoms with Crippen LogP contribution in [-0.2, 0) is 0 Å². The van der Waals surface area contributed by atoms with Gasteiger partial charge in [0.1, 0.15) is 0 Å². The molecule has 0 radical (unpaired) electrons. The Bertz CT molecular complexity index is 575. The van der Waals surface area contributed by atoms with Crippen LogP contribution >= 0.6 is 0 Å². The first kappa shape index (κ1) is 22.7. The monoisotopic (exact) mass is 411 g/mol. The van der Waals surface area contributed by atoms with Gasteiger partial charge in [-0.1, -0.05) is 71.6 Å². The molecule has 0 amide bonds. The molecule has 0 aliphatic heterocycles. The molecule has 0 bridgehead atoms. The molecule has 0 aromatic carbocycles. The molecule has 6 unspecified atom stereocenters. The van der Waals surface area contributed by atoms with E-state index < -0.39 is 0 Å². The fourth-order valence-corrected chi connectivity index (χ4v) is 9.07. The second-order valence-electron chi connectivity index (χ2n) is 12.0. The van der Waals surface area contributed by atoms with Crippen molar-refractivity contribution in [3.8, 4) is 6.07 Å². The first-order valence-corrected chi connectivity index (χ1v) is 14.1. The van der Waals surface area contributed by atoms with Gasteiger partial charge in [-0.2, -0.15) is 5.26 Å². The van der Waals surface area contributed by atoms with Crippen molar-refractivity contribution in [2.24, 2.45) is 46.8 Å². The summed E-state index contributed by atoms with van der Waals surface area (Å²) in [5.41, 5.74) is 0.0367. The van der Waals surface area contributed by atoms with Gasteiger partial charge in [0, 0.05) is 0 Å². The molecule has 0 aromatic heterocycles. The highest BCUT2D eigenvalue weighted by Crippen LogP contribution is 2.60. The van der Waals surface area contributed by atoms with Gasteiger partial charge in [-0.3, -0.25) is 0 Å². The SMILES string of the molecule is CCCCCC[C@@]1(C#N)CCC2C(CCC3C2CCC2C3CCC[C@H]2CCCC)C1. The fraction of sp³-hybridized carbons (Fsp3) is 0.966. The number of nitriles is 1. The normalized spacial score (nSPS) is 43.2. The van der Waals surface area contributed by atoms with E-state index in [1.807, 2.05) is 0 Å². The van der Waals surface area contributed by atoms with Gasteiger partial charge < -0.3 is 0 Å². The summed E-state index contributed by atoms with van der Waals surface area (Å²) in [7, 11) is 0. The van der Waals surface area contributed by atoms with E-state index in [1.54, 1.807) is 12.8 Å². The Labute approximate surface area is 187 Å². The number of hydrogen-bond donors (Lipinski definition) is 0.